The van der Waals surface area contributed by atoms with Crippen molar-refractivity contribution in [3.63, 3.8) is 0 Å². The highest BCUT2D eigenvalue weighted by Crippen LogP contribution is 2.43. The van der Waals surface area contributed by atoms with Crippen LogP contribution in [-0.2, 0) is 33.3 Å². The zero-order chi connectivity index (χ0) is 40.1. The zero-order valence-electron chi connectivity index (χ0n) is 29.7. The summed E-state index contributed by atoms with van der Waals surface area (Å²) < 4.78 is 121. The summed E-state index contributed by atoms with van der Waals surface area (Å²) >= 11 is 6.18. The Bertz CT molecular complexity index is 2280. The van der Waals surface area contributed by atoms with Gasteiger partial charge in [-0.2, -0.15) is 4.31 Å². The molecule has 0 saturated heterocycles. The van der Waals surface area contributed by atoms with Crippen LogP contribution < -0.4 is 9.64 Å². The van der Waals surface area contributed by atoms with Gasteiger partial charge in [0.25, 0.3) is 0 Å². The SMILES string of the molecule is CC(C)(C)c1cc(CN(C(=O)CN(Cc2ccc(F)cc2Cl)S(=O)(=O)c2c(F)c(F)c(F)c(F)c2F)c2ccc(C(=O)O)cc2OC2CC2)cc(C2CC2)c1. The molecule has 2 aliphatic rings. The third-order valence-electron chi connectivity index (χ3n) is 9.33. The van der Waals surface area contributed by atoms with Crippen LogP contribution in [-0.4, -0.2) is 42.4 Å². The molecule has 0 unspecified atom stereocenters. The first-order valence-corrected chi connectivity index (χ1v) is 19.0. The number of rotatable bonds is 13. The molecule has 0 bridgehead atoms. The van der Waals surface area contributed by atoms with Gasteiger partial charge in [-0.3, -0.25) is 4.79 Å². The van der Waals surface area contributed by atoms with Crippen LogP contribution in [0.15, 0.2) is 59.5 Å². The first-order chi connectivity index (χ1) is 25.8. The predicted octanol–water partition coefficient (Wildman–Crippen LogP) is 9.01. The van der Waals surface area contributed by atoms with Crippen LogP contribution in [0.25, 0.3) is 0 Å². The molecule has 16 heteroatoms. The van der Waals surface area contributed by atoms with Gasteiger partial charge >= 0.3 is 5.97 Å². The Morgan fingerprint density at radius 1 is 0.836 bits per heavy atom. The fourth-order valence-electron chi connectivity index (χ4n) is 5.96. The molecule has 292 valence electrons. The van der Waals surface area contributed by atoms with Crippen molar-refractivity contribution in [3.8, 4) is 5.75 Å². The molecule has 0 aliphatic heterocycles. The van der Waals surface area contributed by atoms with Crippen molar-refractivity contribution in [1.82, 2.24) is 4.31 Å². The molecule has 4 aromatic rings. The number of aromatic carboxylic acids is 1. The minimum absolute atomic E-state index is 0.0180. The maximum absolute atomic E-state index is 15.1. The van der Waals surface area contributed by atoms with E-state index < -0.39 is 74.8 Å². The summed E-state index contributed by atoms with van der Waals surface area (Å²) in [5, 5.41) is 9.38. The minimum atomic E-state index is -5.78. The summed E-state index contributed by atoms with van der Waals surface area (Å²) in [7, 11) is -5.78. The van der Waals surface area contributed by atoms with Crippen LogP contribution in [0, 0.1) is 34.9 Å². The van der Waals surface area contributed by atoms with E-state index in [4.69, 9.17) is 16.3 Å². The van der Waals surface area contributed by atoms with Crippen molar-refractivity contribution in [3.05, 3.63) is 122 Å². The Balaban J connectivity index is 1.50. The quantitative estimate of drug-likeness (QED) is 0.0822. The molecule has 0 heterocycles. The highest BCUT2D eigenvalue weighted by Gasteiger charge is 2.39. The van der Waals surface area contributed by atoms with Gasteiger partial charge < -0.3 is 14.7 Å². The summed E-state index contributed by atoms with van der Waals surface area (Å²) in [5.74, 6) is -15.9. The number of halogens is 7. The second kappa shape index (κ2) is 15.1. The third kappa shape index (κ3) is 8.63. The van der Waals surface area contributed by atoms with E-state index in [0.29, 0.717) is 18.4 Å². The van der Waals surface area contributed by atoms with E-state index in [1.807, 2.05) is 32.9 Å². The number of carbonyl (C=O) groups excluding carboxylic acids is 1. The van der Waals surface area contributed by atoms with Crippen LogP contribution >= 0.6 is 11.6 Å². The smallest absolute Gasteiger partial charge is 0.335 e. The Kier molecular flexibility index (Phi) is 11.0. The fraction of sp³-hybridized carbons (Fsp3) is 0.333. The molecule has 0 spiro atoms. The van der Waals surface area contributed by atoms with Crippen molar-refractivity contribution >= 4 is 39.2 Å². The monoisotopic (exact) mass is 808 g/mol. The van der Waals surface area contributed by atoms with Gasteiger partial charge in [-0.05, 0) is 89.6 Å². The summed E-state index contributed by atoms with van der Waals surface area (Å²) in [6.45, 7) is 3.51. The molecular weight excluding hydrogens is 774 g/mol. The molecule has 0 radical (unpaired) electrons. The van der Waals surface area contributed by atoms with Gasteiger partial charge in [0.15, 0.2) is 28.2 Å². The lowest BCUT2D eigenvalue weighted by Gasteiger charge is -2.30. The molecule has 1 N–H and O–H groups in total. The Labute approximate surface area is 318 Å². The van der Waals surface area contributed by atoms with Crippen LogP contribution in [0.3, 0.4) is 0 Å². The molecule has 1 amide bonds. The molecule has 8 nitrogen and oxygen atoms in total. The van der Waals surface area contributed by atoms with Crippen LogP contribution in [0.2, 0.25) is 5.02 Å². The molecule has 55 heavy (non-hydrogen) atoms. The van der Waals surface area contributed by atoms with Crippen LogP contribution in [0.5, 0.6) is 5.75 Å². The van der Waals surface area contributed by atoms with E-state index in [0.717, 1.165) is 47.1 Å². The lowest BCUT2D eigenvalue weighted by molar-refractivity contribution is -0.119. The second-order valence-electron chi connectivity index (χ2n) is 14.7. The molecule has 2 fully saturated rings. The first-order valence-electron chi connectivity index (χ1n) is 17.2. The summed E-state index contributed by atoms with van der Waals surface area (Å²) in [4.78, 5) is 25.5. The number of hydrogen-bond donors (Lipinski definition) is 1. The van der Waals surface area contributed by atoms with Crippen molar-refractivity contribution in [2.75, 3.05) is 11.4 Å². The molecule has 4 aromatic carbocycles. The molecule has 0 atom stereocenters. The van der Waals surface area contributed by atoms with Gasteiger partial charge in [0.2, 0.25) is 21.7 Å². The van der Waals surface area contributed by atoms with Crippen LogP contribution in [0.1, 0.15) is 85.0 Å². The van der Waals surface area contributed by atoms with E-state index in [9.17, 15) is 40.7 Å². The van der Waals surface area contributed by atoms with Gasteiger partial charge in [0.1, 0.15) is 11.6 Å². The largest absolute Gasteiger partial charge is 0.488 e. The average molecular weight is 809 g/mol. The standard InChI is InChI=1S/C39H35ClF6N2O6S/c1-39(2,3)25-13-20(12-24(14-25)21-4-5-21)17-48(29-11-7-22(38(50)51)15-30(29)54-27-9-10-27)31(49)19-47(18-23-6-8-26(41)16-28(23)40)55(52,53)37-35(45)33(43)32(42)34(44)36(37)46/h6-8,11-16,21,27H,4-5,9-10,17-19H2,1-3H3,(H,50,51). The third-order valence-corrected chi connectivity index (χ3v) is 11.5. The Morgan fingerprint density at radius 2 is 1.47 bits per heavy atom. The Morgan fingerprint density at radius 3 is 2.04 bits per heavy atom. The summed E-state index contributed by atoms with van der Waals surface area (Å²) in [6.07, 6.45) is 2.85. The number of carboxylic acid groups (broad SMARTS) is 1. The minimum Gasteiger partial charge on any atom is -0.488 e. The number of carboxylic acids is 1. The summed E-state index contributed by atoms with van der Waals surface area (Å²) in [5.41, 5.74) is 1.85. The molecular formula is C39H35ClF6N2O6S. The summed E-state index contributed by atoms with van der Waals surface area (Å²) in [6, 6.07) is 12.3. The van der Waals surface area contributed by atoms with E-state index in [-0.39, 0.29) is 55.9 Å². The number of hydrogen-bond acceptors (Lipinski definition) is 5. The maximum atomic E-state index is 15.1. The van der Waals surface area contributed by atoms with Gasteiger partial charge in [-0.25, -0.2) is 39.6 Å². The first kappa shape index (κ1) is 40.1. The molecule has 6 rings (SSSR count). The van der Waals surface area contributed by atoms with Gasteiger partial charge in [-0.15, -0.1) is 0 Å². The van der Waals surface area contributed by atoms with Crippen molar-refractivity contribution < 1.29 is 54.2 Å². The van der Waals surface area contributed by atoms with E-state index in [1.165, 1.54) is 18.2 Å². The van der Waals surface area contributed by atoms with E-state index in [1.54, 1.807) is 0 Å². The highest BCUT2D eigenvalue weighted by atomic mass is 35.5. The van der Waals surface area contributed by atoms with Crippen LogP contribution in [0.4, 0.5) is 32.0 Å². The number of sulfonamides is 1. The topological polar surface area (TPSA) is 104 Å². The zero-order valence-corrected chi connectivity index (χ0v) is 31.3. The number of amides is 1. The number of anilines is 1. The number of nitrogens with zero attached hydrogens (tertiary/aromatic N) is 2. The average Bonchev–Trinajstić information content (AvgIpc) is 4.05. The van der Waals surface area contributed by atoms with Gasteiger partial charge in [0, 0.05) is 11.6 Å². The van der Waals surface area contributed by atoms with Crippen molar-refractivity contribution in [2.24, 2.45) is 0 Å². The predicted molar refractivity (Wildman–Crippen MR) is 191 cm³/mol. The molecule has 2 aliphatic carbocycles. The molecule has 0 aromatic heterocycles. The number of carbonyl (C=O) groups is 2. The second-order valence-corrected chi connectivity index (χ2v) is 17.0. The van der Waals surface area contributed by atoms with Gasteiger partial charge in [0.05, 0.1) is 30.4 Å². The number of benzene rings is 4. The number of ether oxygens (including phenoxy) is 1. The lowest BCUT2D eigenvalue weighted by atomic mass is 9.84. The molecule has 2 saturated carbocycles. The highest BCUT2D eigenvalue weighted by molar-refractivity contribution is 7.89. The normalized spacial score (nSPS) is 14.7. The van der Waals surface area contributed by atoms with Gasteiger partial charge in [-0.1, -0.05) is 56.6 Å². The lowest BCUT2D eigenvalue weighted by Crippen LogP contribution is -2.43. The van der Waals surface area contributed by atoms with Crippen molar-refractivity contribution in [1.29, 1.82) is 0 Å². The Hall–Kier alpha value is -4.60. The maximum Gasteiger partial charge on any atom is 0.335 e. The van der Waals surface area contributed by atoms with E-state index >= 15 is 8.78 Å². The van der Waals surface area contributed by atoms with E-state index in [2.05, 4.69) is 6.07 Å². The fourth-order valence-corrected chi connectivity index (χ4v) is 7.66. The van der Waals surface area contributed by atoms with Crippen molar-refractivity contribution in [2.45, 2.75) is 81.9 Å².